The maximum absolute atomic E-state index is 12.2. The molecule has 0 radical (unpaired) electrons. The molecule has 0 bridgehead atoms. The lowest BCUT2D eigenvalue weighted by atomic mass is 9.93. The predicted molar refractivity (Wildman–Crippen MR) is 87.8 cm³/mol. The van der Waals surface area contributed by atoms with Crippen LogP contribution in [0.3, 0.4) is 0 Å². The van der Waals surface area contributed by atoms with E-state index < -0.39 is 0 Å². The highest BCUT2D eigenvalue weighted by molar-refractivity contribution is 9.10. The Hall–Kier alpha value is -0.940. The van der Waals surface area contributed by atoms with E-state index >= 15 is 0 Å². The first-order valence-corrected chi connectivity index (χ1v) is 8.30. The lowest BCUT2D eigenvalue weighted by Crippen LogP contribution is -2.48. The molecule has 0 saturated carbocycles. The zero-order valence-electron chi connectivity index (χ0n) is 13.0. The Kier molecular flexibility index (Phi) is 5.38. The first kappa shape index (κ1) is 16.4. The number of aromatic nitrogens is 1. The summed E-state index contributed by atoms with van der Waals surface area (Å²) in [5, 5.41) is 3.54. The molecule has 2 heterocycles. The Balaban J connectivity index is 1.78. The van der Waals surface area contributed by atoms with E-state index in [1.807, 2.05) is 43.9 Å². The number of likely N-dealkylation sites (tertiary alicyclic amines) is 1. The zero-order chi connectivity index (χ0) is 15.5. The van der Waals surface area contributed by atoms with Crippen LogP contribution in [0.25, 0.3) is 0 Å². The predicted octanol–water partition coefficient (Wildman–Crippen LogP) is 2.97. The van der Waals surface area contributed by atoms with Crippen LogP contribution < -0.4 is 5.32 Å². The van der Waals surface area contributed by atoms with E-state index in [4.69, 9.17) is 0 Å². The van der Waals surface area contributed by atoms with Crippen molar-refractivity contribution in [3.63, 3.8) is 0 Å². The number of carbonyl (C=O) groups excluding carboxylic acids is 1. The summed E-state index contributed by atoms with van der Waals surface area (Å²) in [6, 6.07) is 6.42. The van der Waals surface area contributed by atoms with Crippen LogP contribution in [0.4, 0.5) is 0 Å². The monoisotopic (exact) mass is 353 g/mol. The largest absolute Gasteiger partial charge is 0.342 e. The SMILES string of the molecule is CC(C)(C)C(=O)N1CCC(NCc2cccc(Br)n2)CC1. The molecule has 1 aromatic rings. The summed E-state index contributed by atoms with van der Waals surface area (Å²) < 4.78 is 0.868. The van der Waals surface area contributed by atoms with Crippen LogP contribution in [0.5, 0.6) is 0 Å². The third-order valence-corrected chi connectivity index (χ3v) is 4.21. The number of carbonyl (C=O) groups is 1. The third kappa shape index (κ3) is 4.78. The molecular weight excluding hydrogens is 330 g/mol. The van der Waals surface area contributed by atoms with E-state index in [2.05, 4.69) is 26.2 Å². The number of nitrogens with zero attached hydrogens (tertiary/aromatic N) is 2. The molecule has 0 atom stereocenters. The molecule has 21 heavy (non-hydrogen) atoms. The van der Waals surface area contributed by atoms with Crippen molar-refractivity contribution in [1.82, 2.24) is 15.2 Å². The summed E-state index contributed by atoms with van der Waals surface area (Å²) in [6.07, 6.45) is 2.02. The van der Waals surface area contributed by atoms with Crippen molar-refractivity contribution in [1.29, 1.82) is 0 Å². The molecule has 0 aromatic carbocycles. The van der Waals surface area contributed by atoms with Gasteiger partial charge in [-0.3, -0.25) is 4.79 Å². The summed E-state index contributed by atoms with van der Waals surface area (Å²) in [5.41, 5.74) is 0.762. The van der Waals surface area contributed by atoms with Gasteiger partial charge in [0.05, 0.1) is 5.69 Å². The van der Waals surface area contributed by atoms with E-state index in [-0.39, 0.29) is 11.3 Å². The van der Waals surface area contributed by atoms with Gasteiger partial charge in [0, 0.05) is 31.1 Å². The second-order valence-electron chi connectivity index (χ2n) is 6.65. The molecule has 1 aliphatic rings. The first-order chi connectivity index (χ1) is 9.86. The Labute approximate surface area is 135 Å². The van der Waals surface area contributed by atoms with Crippen LogP contribution in [0.2, 0.25) is 0 Å². The number of hydrogen-bond donors (Lipinski definition) is 1. The fourth-order valence-corrected chi connectivity index (χ4v) is 2.94. The standard InChI is InChI=1S/C16H24BrN3O/c1-16(2,3)15(21)20-9-7-12(8-10-20)18-11-13-5-4-6-14(17)19-13/h4-6,12,18H,7-11H2,1-3H3. The summed E-state index contributed by atoms with van der Waals surface area (Å²) in [7, 11) is 0. The van der Waals surface area contributed by atoms with Crippen molar-refractivity contribution in [3.05, 3.63) is 28.5 Å². The van der Waals surface area contributed by atoms with Gasteiger partial charge in [0.15, 0.2) is 0 Å². The van der Waals surface area contributed by atoms with E-state index in [1.165, 1.54) is 0 Å². The number of nitrogens with one attached hydrogen (secondary N) is 1. The van der Waals surface area contributed by atoms with E-state index in [0.717, 1.165) is 42.8 Å². The van der Waals surface area contributed by atoms with Crippen molar-refractivity contribution in [2.45, 2.75) is 46.2 Å². The van der Waals surface area contributed by atoms with Gasteiger partial charge in [-0.2, -0.15) is 0 Å². The molecule has 1 saturated heterocycles. The second-order valence-corrected chi connectivity index (χ2v) is 7.46. The number of halogens is 1. The van der Waals surface area contributed by atoms with Crippen LogP contribution in [-0.4, -0.2) is 34.9 Å². The molecule has 116 valence electrons. The van der Waals surface area contributed by atoms with Gasteiger partial charge >= 0.3 is 0 Å². The lowest BCUT2D eigenvalue weighted by Gasteiger charge is -2.36. The molecule has 4 nitrogen and oxygen atoms in total. The Morgan fingerprint density at radius 3 is 2.62 bits per heavy atom. The first-order valence-electron chi connectivity index (χ1n) is 7.50. The average Bonchev–Trinajstić information content (AvgIpc) is 2.44. The molecule has 1 aliphatic heterocycles. The van der Waals surface area contributed by atoms with Gasteiger partial charge in [0.25, 0.3) is 0 Å². The zero-order valence-corrected chi connectivity index (χ0v) is 14.6. The normalized spacial score (nSPS) is 17.0. The molecule has 0 unspecified atom stereocenters. The average molecular weight is 354 g/mol. The third-order valence-electron chi connectivity index (χ3n) is 3.77. The minimum absolute atomic E-state index is 0.259. The van der Waals surface area contributed by atoms with Gasteiger partial charge in [-0.15, -0.1) is 0 Å². The van der Waals surface area contributed by atoms with Crippen molar-refractivity contribution in [2.75, 3.05) is 13.1 Å². The second kappa shape index (κ2) is 6.88. The van der Waals surface area contributed by atoms with Gasteiger partial charge < -0.3 is 10.2 Å². The number of pyridine rings is 1. The van der Waals surface area contributed by atoms with Crippen LogP contribution in [0.1, 0.15) is 39.3 Å². The quantitative estimate of drug-likeness (QED) is 0.849. The topological polar surface area (TPSA) is 45.2 Å². The summed E-state index contributed by atoms with van der Waals surface area (Å²) in [6.45, 7) is 8.42. The Morgan fingerprint density at radius 2 is 2.05 bits per heavy atom. The summed E-state index contributed by atoms with van der Waals surface area (Å²) in [5.74, 6) is 0.259. The fourth-order valence-electron chi connectivity index (χ4n) is 2.56. The number of hydrogen-bond acceptors (Lipinski definition) is 3. The van der Waals surface area contributed by atoms with Gasteiger partial charge in [-0.25, -0.2) is 4.98 Å². The Morgan fingerprint density at radius 1 is 1.38 bits per heavy atom. The molecular formula is C16H24BrN3O. The molecule has 1 amide bonds. The number of amides is 1. The molecule has 2 rings (SSSR count). The van der Waals surface area contributed by atoms with Crippen LogP contribution in [-0.2, 0) is 11.3 Å². The smallest absolute Gasteiger partial charge is 0.227 e. The molecule has 0 aliphatic carbocycles. The highest BCUT2D eigenvalue weighted by Gasteiger charge is 2.30. The van der Waals surface area contributed by atoms with E-state index in [0.29, 0.717) is 6.04 Å². The van der Waals surface area contributed by atoms with Crippen LogP contribution in [0.15, 0.2) is 22.8 Å². The van der Waals surface area contributed by atoms with Crippen molar-refractivity contribution < 1.29 is 4.79 Å². The number of rotatable bonds is 3. The van der Waals surface area contributed by atoms with Crippen molar-refractivity contribution in [2.24, 2.45) is 5.41 Å². The highest BCUT2D eigenvalue weighted by atomic mass is 79.9. The Bertz CT molecular complexity index is 491. The van der Waals surface area contributed by atoms with Gasteiger partial charge in [0.1, 0.15) is 4.60 Å². The van der Waals surface area contributed by atoms with E-state index in [9.17, 15) is 4.79 Å². The van der Waals surface area contributed by atoms with E-state index in [1.54, 1.807) is 0 Å². The summed E-state index contributed by atoms with van der Waals surface area (Å²) in [4.78, 5) is 18.7. The maximum atomic E-state index is 12.2. The summed E-state index contributed by atoms with van der Waals surface area (Å²) >= 11 is 3.39. The van der Waals surface area contributed by atoms with Gasteiger partial charge in [-0.05, 0) is 40.9 Å². The minimum atomic E-state index is -0.277. The highest BCUT2D eigenvalue weighted by Crippen LogP contribution is 2.21. The van der Waals surface area contributed by atoms with Gasteiger partial charge in [0.2, 0.25) is 5.91 Å². The fraction of sp³-hybridized carbons (Fsp3) is 0.625. The van der Waals surface area contributed by atoms with Crippen LogP contribution in [0, 0.1) is 5.41 Å². The molecule has 5 heteroatoms. The van der Waals surface area contributed by atoms with Crippen molar-refractivity contribution in [3.8, 4) is 0 Å². The molecule has 1 aromatic heterocycles. The van der Waals surface area contributed by atoms with Crippen LogP contribution >= 0.6 is 15.9 Å². The minimum Gasteiger partial charge on any atom is -0.342 e. The number of piperidine rings is 1. The van der Waals surface area contributed by atoms with Gasteiger partial charge in [-0.1, -0.05) is 26.8 Å². The lowest BCUT2D eigenvalue weighted by molar-refractivity contribution is -0.140. The maximum Gasteiger partial charge on any atom is 0.227 e. The van der Waals surface area contributed by atoms with Crippen molar-refractivity contribution >= 4 is 21.8 Å². The molecule has 1 N–H and O–H groups in total. The molecule has 0 spiro atoms. The molecule has 1 fully saturated rings.